The number of hydrogen-bond donors (Lipinski definition) is 0. The standard InChI is InChI=1S/C22H28N2O2S/c1-8-24-18(25)14-17(16-12-10-9-11-13-16)23-20(24)27-22(6,7)21(4,5)19(26)15(2)3/h9-14H,2,8H2,1,3-7H3. The zero-order valence-corrected chi connectivity index (χ0v) is 17.8. The first-order valence-electron chi connectivity index (χ1n) is 9.08. The number of rotatable bonds is 7. The van der Waals surface area contributed by atoms with Crippen LogP contribution in [0, 0.1) is 5.41 Å². The quantitative estimate of drug-likeness (QED) is 0.384. The Bertz CT molecular complexity index is 912. The summed E-state index contributed by atoms with van der Waals surface area (Å²) in [6, 6.07) is 11.2. The average Bonchev–Trinajstić information content (AvgIpc) is 2.60. The summed E-state index contributed by atoms with van der Waals surface area (Å²) in [5.41, 5.74) is 1.33. The van der Waals surface area contributed by atoms with Crippen molar-refractivity contribution in [3.05, 3.63) is 58.9 Å². The summed E-state index contributed by atoms with van der Waals surface area (Å²) in [4.78, 5) is 30.2. The predicted molar refractivity (Wildman–Crippen MR) is 113 cm³/mol. The van der Waals surface area contributed by atoms with E-state index < -0.39 is 10.2 Å². The van der Waals surface area contributed by atoms with E-state index in [9.17, 15) is 9.59 Å². The van der Waals surface area contributed by atoms with E-state index in [1.54, 1.807) is 17.6 Å². The lowest BCUT2D eigenvalue weighted by Gasteiger charge is -2.39. The van der Waals surface area contributed by atoms with Crippen molar-refractivity contribution in [2.75, 3.05) is 0 Å². The molecule has 0 saturated carbocycles. The van der Waals surface area contributed by atoms with E-state index in [0.29, 0.717) is 23.0 Å². The van der Waals surface area contributed by atoms with Crippen molar-refractivity contribution in [3.63, 3.8) is 0 Å². The minimum Gasteiger partial charge on any atom is -0.294 e. The van der Waals surface area contributed by atoms with Crippen molar-refractivity contribution < 1.29 is 4.79 Å². The number of carbonyl (C=O) groups is 1. The molecule has 0 aliphatic carbocycles. The highest BCUT2D eigenvalue weighted by Gasteiger charge is 2.44. The van der Waals surface area contributed by atoms with E-state index >= 15 is 0 Å². The Balaban J connectivity index is 2.54. The van der Waals surface area contributed by atoms with Crippen LogP contribution in [0.3, 0.4) is 0 Å². The van der Waals surface area contributed by atoms with Gasteiger partial charge in [0.15, 0.2) is 10.9 Å². The maximum absolute atomic E-state index is 12.7. The van der Waals surface area contributed by atoms with Gasteiger partial charge >= 0.3 is 0 Å². The molecule has 2 rings (SSSR count). The van der Waals surface area contributed by atoms with Crippen LogP contribution >= 0.6 is 11.8 Å². The van der Waals surface area contributed by atoms with E-state index in [2.05, 4.69) is 6.58 Å². The Morgan fingerprint density at radius 3 is 2.30 bits per heavy atom. The molecule has 0 radical (unpaired) electrons. The van der Waals surface area contributed by atoms with Crippen LogP contribution in [0.15, 0.2) is 58.5 Å². The second kappa shape index (κ2) is 7.85. The molecule has 0 N–H and O–H groups in total. The molecule has 27 heavy (non-hydrogen) atoms. The molecule has 1 aromatic carbocycles. The number of hydrogen-bond acceptors (Lipinski definition) is 4. The average molecular weight is 385 g/mol. The van der Waals surface area contributed by atoms with Crippen LogP contribution in [0.5, 0.6) is 0 Å². The number of carbonyl (C=O) groups excluding carboxylic acids is 1. The van der Waals surface area contributed by atoms with Gasteiger partial charge in [-0.25, -0.2) is 4.98 Å². The maximum Gasteiger partial charge on any atom is 0.254 e. The number of ketones is 1. The van der Waals surface area contributed by atoms with Crippen LogP contribution in [0.4, 0.5) is 0 Å². The Labute approximate surface area is 165 Å². The van der Waals surface area contributed by atoms with Gasteiger partial charge in [-0.2, -0.15) is 0 Å². The van der Waals surface area contributed by atoms with Gasteiger partial charge < -0.3 is 0 Å². The summed E-state index contributed by atoms with van der Waals surface area (Å²) in [6.45, 7) is 15.9. The van der Waals surface area contributed by atoms with E-state index in [4.69, 9.17) is 4.98 Å². The van der Waals surface area contributed by atoms with Crippen LogP contribution in [0.2, 0.25) is 0 Å². The van der Waals surface area contributed by atoms with Crippen LogP contribution in [0.25, 0.3) is 11.3 Å². The van der Waals surface area contributed by atoms with Gasteiger partial charge in [0.1, 0.15) is 0 Å². The van der Waals surface area contributed by atoms with E-state index in [0.717, 1.165) is 5.56 Å². The number of nitrogens with zero attached hydrogens (tertiary/aromatic N) is 2. The lowest BCUT2D eigenvalue weighted by Crippen LogP contribution is -2.43. The third-order valence-electron chi connectivity index (χ3n) is 5.17. The van der Waals surface area contributed by atoms with Crippen molar-refractivity contribution in [3.8, 4) is 11.3 Å². The number of Topliss-reactive ketones (excluding diaryl/α,β-unsaturated/α-hetero) is 1. The van der Waals surface area contributed by atoms with Gasteiger partial charge in [0.2, 0.25) is 0 Å². The van der Waals surface area contributed by atoms with Crippen LogP contribution in [-0.4, -0.2) is 20.1 Å². The highest BCUT2D eigenvalue weighted by Crippen LogP contribution is 2.46. The predicted octanol–water partition coefficient (Wildman–Crippen LogP) is 4.97. The summed E-state index contributed by atoms with van der Waals surface area (Å²) in [5.74, 6) is 0.0182. The van der Waals surface area contributed by atoms with Crippen molar-refractivity contribution in [2.45, 2.75) is 58.0 Å². The first-order valence-corrected chi connectivity index (χ1v) is 9.89. The van der Waals surface area contributed by atoms with Gasteiger partial charge in [0.05, 0.1) is 5.69 Å². The molecule has 0 saturated heterocycles. The topological polar surface area (TPSA) is 52.0 Å². The van der Waals surface area contributed by atoms with Crippen molar-refractivity contribution in [1.82, 2.24) is 9.55 Å². The zero-order valence-electron chi connectivity index (χ0n) is 17.0. The largest absolute Gasteiger partial charge is 0.294 e. The minimum atomic E-state index is -0.664. The molecular weight excluding hydrogens is 356 g/mol. The first kappa shape index (κ1) is 21.2. The maximum atomic E-state index is 12.7. The van der Waals surface area contributed by atoms with Crippen LogP contribution < -0.4 is 5.56 Å². The molecule has 1 heterocycles. The second-order valence-corrected chi connectivity index (χ2v) is 9.31. The first-order chi connectivity index (χ1) is 12.5. The van der Waals surface area contributed by atoms with Gasteiger partial charge in [-0.15, -0.1) is 0 Å². The summed E-state index contributed by atoms with van der Waals surface area (Å²) in [6.07, 6.45) is 0. The molecule has 0 aliphatic heterocycles. The van der Waals surface area contributed by atoms with Crippen molar-refractivity contribution in [2.24, 2.45) is 5.41 Å². The molecule has 0 spiro atoms. The molecule has 5 heteroatoms. The lowest BCUT2D eigenvalue weighted by atomic mass is 9.74. The number of aromatic nitrogens is 2. The lowest BCUT2D eigenvalue weighted by molar-refractivity contribution is -0.124. The fourth-order valence-electron chi connectivity index (χ4n) is 2.77. The van der Waals surface area contributed by atoms with Gasteiger partial charge in [0.25, 0.3) is 5.56 Å². The normalized spacial score (nSPS) is 12.1. The summed E-state index contributed by atoms with van der Waals surface area (Å²) < 4.78 is 1.16. The highest BCUT2D eigenvalue weighted by molar-refractivity contribution is 8.00. The molecule has 0 amide bonds. The van der Waals surface area contributed by atoms with Crippen LogP contribution in [0.1, 0.15) is 41.5 Å². The SMILES string of the molecule is C=C(C)C(=O)C(C)(C)C(C)(C)Sc1nc(-c2ccccc2)cc(=O)n1CC. The third kappa shape index (κ3) is 4.24. The van der Waals surface area contributed by atoms with Crippen LogP contribution in [-0.2, 0) is 11.3 Å². The van der Waals surface area contributed by atoms with E-state index in [-0.39, 0.29) is 11.3 Å². The molecule has 0 aliphatic rings. The molecule has 0 bridgehead atoms. The number of benzene rings is 1. The van der Waals surface area contributed by atoms with Crippen molar-refractivity contribution in [1.29, 1.82) is 0 Å². The number of allylic oxidation sites excluding steroid dienone is 1. The molecule has 0 fully saturated rings. The Morgan fingerprint density at radius 1 is 1.19 bits per heavy atom. The van der Waals surface area contributed by atoms with E-state index in [1.165, 1.54) is 11.8 Å². The minimum absolute atomic E-state index is 0.0182. The summed E-state index contributed by atoms with van der Waals surface area (Å²) >= 11 is 1.46. The molecule has 0 atom stereocenters. The summed E-state index contributed by atoms with van der Waals surface area (Å²) in [5, 5.41) is 0.622. The van der Waals surface area contributed by atoms with Gasteiger partial charge in [-0.3, -0.25) is 14.2 Å². The molecule has 0 unspecified atom stereocenters. The van der Waals surface area contributed by atoms with Crippen molar-refractivity contribution >= 4 is 17.5 Å². The monoisotopic (exact) mass is 384 g/mol. The van der Waals surface area contributed by atoms with Gasteiger partial charge in [-0.05, 0) is 33.3 Å². The van der Waals surface area contributed by atoms with Gasteiger partial charge in [-0.1, -0.05) is 62.5 Å². The summed E-state index contributed by atoms with van der Waals surface area (Å²) in [7, 11) is 0. The smallest absolute Gasteiger partial charge is 0.254 e. The Kier molecular flexibility index (Phi) is 6.15. The van der Waals surface area contributed by atoms with E-state index in [1.807, 2.05) is 65.0 Å². The molecule has 4 nitrogen and oxygen atoms in total. The molecule has 1 aromatic heterocycles. The Morgan fingerprint density at radius 2 is 1.78 bits per heavy atom. The highest BCUT2D eigenvalue weighted by atomic mass is 32.2. The zero-order chi connectivity index (χ0) is 20.4. The fraction of sp³-hybridized carbons (Fsp3) is 0.409. The number of thioether (sulfide) groups is 1. The Hall–Kier alpha value is -2.14. The molecule has 144 valence electrons. The molecule has 2 aromatic rings. The fourth-order valence-corrected chi connectivity index (χ4v) is 4.05. The third-order valence-corrected chi connectivity index (χ3v) is 6.68. The van der Waals surface area contributed by atoms with Gasteiger partial charge in [0, 0.05) is 28.3 Å². The molecular formula is C22H28N2O2S. The second-order valence-electron chi connectivity index (χ2n) is 7.72.